The first kappa shape index (κ1) is 11.4. The molecule has 4 N–H and O–H groups in total. The quantitative estimate of drug-likeness (QED) is 0.556. The van der Waals surface area contributed by atoms with Crippen LogP contribution >= 0.6 is 0 Å². The minimum Gasteiger partial charge on any atom is -0.379 e. The highest BCUT2D eigenvalue weighted by molar-refractivity contribution is 5.73. The number of hydrogen-bond acceptors (Lipinski definition) is 3. The minimum absolute atomic E-state index is 0.264. The average molecular weight is 174 g/mol. The van der Waals surface area contributed by atoms with Gasteiger partial charge < -0.3 is 16.2 Å². The molecule has 0 aliphatic rings. The van der Waals surface area contributed by atoms with Crippen molar-refractivity contribution < 1.29 is 9.53 Å². The van der Waals surface area contributed by atoms with Crippen molar-refractivity contribution in [3.8, 4) is 0 Å². The Kier molecular flexibility index (Phi) is 4.85. The van der Waals surface area contributed by atoms with Crippen LogP contribution in [-0.2, 0) is 9.53 Å². The number of carbonyl (C=O) groups is 1. The van der Waals surface area contributed by atoms with Crippen LogP contribution < -0.4 is 11.5 Å². The van der Waals surface area contributed by atoms with E-state index in [9.17, 15) is 4.79 Å². The number of amides is 1. The summed E-state index contributed by atoms with van der Waals surface area (Å²) in [4.78, 5) is 10.3. The van der Waals surface area contributed by atoms with E-state index < -0.39 is 0 Å². The summed E-state index contributed by atoms with van der Waals surface area (Å²) in [6.45, 7) is 4.74. The van der Waals surface area contributed by atoms with E-state index in [-0.39, 0.29) is 17.9 Å². The fourth-order valence-electron chi connectivity index (χ4n) is 0.580. The molecule has 0 fully saturated rings. The van der Waals surface area contributed by atoms with Crippen LogP contribution in [0.4, 0.5) is 0 Å². The molecule has 0 aliphatic carbocycles. The first-order valence-corrected chi connectivity index (χ1v) is 4.13. The van der Waals surface area contributed by atoms with E-state index in [0.717, 1.165) is 6.42 Å². The molecule has 0 aromatic rings. The van der Waals surface area contributed by atoms with Crippen molar-refractivity contribution in [2.75, 3.05) is 13.2 Å². The highest BCUT2D eigenvalue weighted by atomic mass is 16.5. The molecule has 4 heteroatoms. The number of hydrogen-bond donors (Lipinski definition) is 2. The van der Waals surface area contributed by atoms with Gasteiger partial charge in [-0.2, -0.15) is 0 Å². The summed E-state index contributed by atoms with van der Waals surface area (Å²) in [6, 6.07) is 0. The average Bonchev–Trinajstić information content (AvgIpc) is 1.98. The molecule has 1 atom stereocenters. The molecule has 0 heterocycles. The van der Waals surface area contributed by atoms with Gasteiger partial charge in [0, 0.05) is 12.0 Å². The molecule has 1 unspecified atom stereocenters. The highest BCUT2D eigenvalue weighted by Crippen LogP contribution is 2.04. The fourth-order valence-corrected chi connectivity index (χ4v) is 0.580. The van der Waals surface area contributed by atoms with E-state index >= 15 is 0 Å². The molecule has 4 nitrogen and oxygen atoms in total. The molecule has 0 aromatic carbocycles. The normalized spacial score (nSPS) is 15.6. The van der Waals surface area contributed by atoms with E-state index in [1.165, 1.54) is 0 Å². The molecular weight excluding hydrogens is 156 g/mol. The van der Waals surface area contributed by atoms with E-state index in [0.29, 0.717) is 13.2 Å². The van der Waals surface area contributed by atoms with Crippen molar-refractivity contribution in [1.29, 1.82) is 0 Å². The number of nitrogens with two attached hydrogens (primary N) is 2. The maximum atomic E-state index is 10.3. The van der Waals surface area contributed by atoms with Crippen molar-refractivity contribution >= 4 is 5.91 Å². The topological polar surface area (TPSA) is 78.3 Å². The summed E-state index contributed by atoms with van der Waals surface area (Å²) in [5.41, 5.74) is 10.4. The van der Waals surface area contributed by atoms with Crippen LogP contribution in [0, 0.1) is 0 Å². The van der Waals surface area contributed by atoms with Crippen LogP contribution in [0.25, 0.3) is 0 Å². The zero-order chi connectivity index (χ0) is 9.61. The first-order chi connectivity index (χ1) is 5.48. The van der Waals surface area contributed by atoms with Gasteiger partial charge >= 0.3 is 0 Å². The van der Waals surface area contributed by atoms with Crippen LogP contribution in [0.1, 0.15) is 26.7 Å². The molecular formula is C8H18N2O2. The molecule has 0 saturated carbocycles. The van der Waals surface area contributed by atoms with Crippen molar-refractivity contribution in [2.24, 2.45) is 11.5 Å². The molecule has 0 rings (SSSR count). The predicted octanol–water partition coefficient (Wildman–Crippen LogP) is 0.00580. The van der Waals surface area contributed by atoms with Gasteiger partial charge in [-0.3, -0.25) is 4.79 Å². The largest absolute Gasteiger partial charge is 0.379 e. The standard InChI is InChI=1S/C8H18N2O2/c1-3-8(2,10)6-12-5-4-7(9)11/h3-6,10H2,1-2H3,(H2,9,11). The summed E-state index contributed by atoms with van der Waals surface area (Å²) in [7, 11) is 0. The summed E-state index contributed by atoms with van der Waals surface area (Å²) in [6.07, 6.45) is 1.11. The molecule has 0 bridgehead atoms. The smallest absolute Gasteiger partial charge is 0.219 e. The summed E-state index contributed by atoms with van der Waals surface area (Å²) in [5.74, 6) is -0.342. The lowest BCUT2D eigenvalue weighted by Crippen LogP contribution is -2.40. The second kappa shape index (κ2) is 5.11. The zero-order valence-electron chi connectivity index (χ0n) is 7.80. The Hall–Kier alpha value is -0.610. The van der Waals surface area contributed by atoms with Crippen molar-refractivity contribution in [1.82, 2.24) is 0 Å². The Labute approximate surface area is 73.2 Å². The fraction of sp³-hybridized carbons (Fsp3) is 0.875. The minimum atomic E-state index is -0.342. The summed E-state index contributed by atoms with van der Waals surface area (Å²) >= 11 is 0. The second-order valence-electron chi connectivity index (χ2n) is 3.28. The molecule has 0 saturated heterocycles. The van der Waals surface area contributed by atoms with Crippen molar-refractivity contribution in [3.05, 3.63) is 0 Å². The Morgan fingerprint density at radius 3 is 2.58 bits per heavy atom. The Balaban J connectivity index is 3.37. The van der Waals surface area contributed by atoms with Crippen LogP contribution in [0.3, 0.4) is 0 Å². The van der Waals surface area contributed by atoms with Gasteiger partial charge in [0.05, 0.1) is 13.2 Å². The third-order valence-electron chi connectivity index (χ3n) is 1.73. The maximum Gasteiger partial charge on any atom is 0.219 e. The van der Waals surface area contributed by atoms with Gasteiger partial charge in [0.1, 0.15) is 0 Å². The van der Waals surface area contributed by atoms with Gasteiger partial charge in [0.15, 0.2) is 0 Å². The number of ether oxygens (including phenoxy) is 1. The van der Waals surface area contributed by atoms with Crippen LogP contribution in [0.2, 0.25) is 0 Å². The van der Waals surface area contributed by atoms with E-state index in [1.54, 1.807) is 0 Å². The maximum absolute atomic E-state index is 10.3. The second-order valence-corrected chi connectivity index (χ2v) is 3.28. The summed E-state index contributed by atoms with van der Waals surface area (Å²) < 4.78 is 5.17. The molecule has 1 amide bonds. The molecule has 0 radical (unpaired) electrons. The van der Waals surface area contributed by atoms with Gasteiger partial charge in [-0.25, -0.2) is 0 Å². The first-order valence-electron chi connectivity index (χ1n) is 4.13. The lowest BCUT2D eigenvalue weighted by molar-refractivity contribution is -0.119. The number of rotatable bonds is 6. The number of carbonyl (C=O) groups excluding carboxylic acids is 1. The van der Waals surface area contributed by atoms with Gasteiger partial charge in [-0.15, -0.1) is 0 Å². The number of primary amides is 1. The third kappa shape index (κ3) is 6.12. The van der Waals surface area contributed by atoms with Gasteiger partial charge in [0.25, 0.3) is 0 Å². The van der Waals surface area contributed by atoms with E-state index in [2.05, 4.69) is 0 Å². The molecule has 0 aliphatic heterocycles. The lowest BCUT2D eigenvalue weighted by Gasteiger charge is -2.21. The molecule has 0 aromatic heterocycles. The monoisotopic (exact) mass is 174 g/mol. The molecule has 72 valence electrons. The Bertz CT molecular complexity index is 146. The summed E-state index contributed by atoms with van der Waals surface area (Å²) in [5, 5.41) is 0. The predicted molar refractivity (Wildman–Crippen MR) is 47.5 cm³/mol. The third-order valence-corrected chi connectivity index (χ3v) is 1.73. The van der Waals surface area contributed by atoms with E-state index in [4.69, 9.17) is 16.2 Å². The van der Waals surface area contributed by atoms with Crippen LogP contribution in [0.15, 0.2) is 0 Å². The van der Waals surface area contributed by atoms with Crippen LogP contribution in [-0.4, -0.2) is 24.7 Å². The highest BCUT2D eigenvalue weighted by Gasteiger charge is 2.15. The van der Waals surface area contributed by atoms with Gasteiger partial charge in [0.2, 0.25) is 5.91 Å². The molecule has 12 heavy (non-hydrogen) atoms. The van der Waals surface area contributed by atoms with Gasteiger partial charge in [-0.1, -0.05) is 6.92 Å². The SMILES string of the molecule is CCC(C)(N)COCCC(N)=O. The lowest BCUT2D eigenvalue weighted by atomic mass is 10.0. The zero-order valence-corrected chi connectivity index (χ0v) is 7.80. The Morgan fingerprint density at radius 1 is 1.58 bits per heavy atom. The Morgan fingerprint density at radius 2 is 2.17 bits per heavy atom. The van der Waals surface area contributed by atoms with Crippen LogP contribution in [0.5, 0.6) is 0 Å². The van der Waals surface area contributed by atoms with Crippen molar-refractivity contribution in [3.63, 3.8) is 0 Å². The van der Waals surface area contributed by atoms with E-state index in [1.807, 2.05) is 13.8 Å². The van der Waals surface area contributed by atoms with Gasteiger partial charge in [-0.05, 0) is 13.3 Å². The molecule has 0 spiro atoms. The van der Waals surface area contributed by atoms with Crippen molar-refractivity contribution in [2.45, 2.75) is 32.2 Å².